The van der Waals surface area contributed by atoms with E-state index in [0.29, 0.717) is 0 Å². The van der Waals surface area contributed by atoms with Gasteiger partial charge in [-0.15, -0.1) is 6.58 Å². The minimum Gasteiger partial charge on any atom is -0.466 e. The van der Waals surface area contributed by atoms with Crippen molar-refractivity contribution in [2.75, 3.05) is 0 Å². The lowest BCUT2D eigenvalue weighted by molar-refractivity contribution is 0.647. The van der Waals surface area contributed by atoms with Crippen LogP contribution in [0.1, 0.15) is 0 Å². The quantitative estimate of drug-likeness (QED) is 0.495. The molecule has 144 valence electrons. The molecule has 0 aliphatic heterocycles. The van der Waals surface area contributed by atoms with Crippen LogP contribution in [0.4, 0.5) is 0 Å². The van der Waals surface area contributed by atoms with Crippen molar-refractivity contribution in [3.8, 4) is 0 Å². The van der Waals surface area contributed by atoms with Crippen molar-refractivity contribution in [3.63, 3.8) is 0 Å². The Morgan fingerprint density at radius 3 is 1.31 bits per heavy atom. The van der Waals surface area contributed by atoms with Crippen molar-refractivity contribution in [2.45, 2.75) is 19.6 Å². The molecule has 0 radical (unpaired) electrons. The second kappa shape index (κ2) is 16.5. The van der Waals surface area contributed by atoms with E-state index in [0.717, 1.165) is 31.5 Å². The predicted molar refractivity (Wildman–Crippen MR) is 134 cm³/mol. The monoisotopic (exact) mass is 454 g/mol. The molecule has 3 nitrogen and oxygen atoms in total. The van der Waals surface area contributed by atoms with Gasteiger partial charge in [0.1, 0.15) is 31.5 Å². The molecule has 26 heavy (non-hydrogen) atoms. The Balaban J connectivity index is 0.000000474. The summed E-state index contributed by atoms with van der Waals surface area (Å²) in [5, 5.41) is 2.72. The van der Waals surface area contributed by atoms with Gasteiger partial charge in [0.2, 0.25) is 9.04 Å². The Bertz CT molecular complexity index is 532. The van der Waals surface area contributed by atoms with E-state index in [-0.39, 0.29) is 0 Å². The average Bonchev–Trinajstić information content (AvgIpc) is 2.70. The van der Waals surface area contributed by atoms with Crippen LogP contribution >= 0.6 is 0 Å². The van der Waals surface area contributed by atoms with E-state index in [1.54, 1.807) is 0 Å². The fourth-order valence-electron chi connectivity index (χ4n) is 1.82. The van der Waals surface area contributed by atoms with Gasteiger partial charge in [0, 0.05) is 0 Å². The third kappa shape index (κ3) is 11.9. The van der Waals surface area contributed by atoms with Gasteiger partial charge >= 0.3 is 0 Å². The molecule has 0 N–H and O–H groups in total. The lowest BCUT2D eigenvalue weighted by Gasteiger charge is -2.14. The zero-order valence-corrected chi connectivity index (χ0v) is 26.5. The largest absolute Gasteiger partial charge is 0.466 e. The Kier molecular flexibility index (Phi) is 16.1. The first-order valence-corrected chi connectivity index (χ1v) is 18.0. The van der Waals surface area contributed by atoms with Gasteiger partial charge in [0.15, 0.2) is 18.1 Å². The minimum absolute atomic E-state index is 0.588. The summed E-state index contributed by atoms with van der Waals surface area (Å²) in [6.07, 6.45) is 0. The van der Waals surface area contributed by atoms with Crippen molar-refractivity contribution in [3.05, 3.63) is 72.9 Å². The summed E-state index contributed by atoms with van der Waals surface area (Å²) in [4.78, 5) is 0. The second-order valence-corrected chi connectivity index (χ2v) is 17.6. The SMILES string of the molecule is C=C[SiH](C)O[SiH3].C[SiH](C)O[SiH3].[SiH3]O[SiH](c1ccccc1)c1ccccc1. The molecule has 2 aromatic carbocycles. The molecule has 2 aromatic rings. The van der Waals surface area contributed by atoms with Crippen molar-refractivity contribution < 1.29 is 12.3 Å². The molecular formula is C17H34O3Si6. The van der Waals surface area contributed by atoms with Gasteiger partial charge < -0.3 is 12.3 Å². The number of benzene rings is 2. The van der Waals surface area contributed by atoms with Gasteiger partial charge in [-0.2, -0.15) is 0 Å². The van der Waals surface area contributed by atoms with Crippen molar-refractivity contribution >= 4 is 69.0 Å². The highest BCUT2D eigenvalue weighted by Crippen LogP contribution is 1.92. The highest BCUT2D eigenvalue weighted by molar-refractivity contribution is 6.81. The molecule has 0 amide bonds. The standard InChI is InChI=1S/C12H14OSi2.C3H10OSi2.C2H10OSi2/c14-13-15(11-7-3-1-4-8-11)12-9-5-2-6-10-12;1-3-6(2)4-5;1-5(2)3-4/h1-10,15H,14H3;3,6H,1H2,2,5H3;5H,1-2,4H3. The van der Waals surface area contributed by atoms with Gasteiger partial charge in [-0.1, -0.05) is 66.4 Å². The highest BCUT2D eigenvalue weighted by Gasteiger charge is 2.14. The summed E-state index contributed by atoms with van der Waals surface area (Å²) >= 11 is 0. The van der Waals surface area contributed by atoms with E-state index >= 15 is 0 Å². The third-order valence-corrected chi connectivity index (χ3v) is 14.9. The predicted octanol–water partition coefficient (Wildman–Crippen LogP) is -1.55. The van der Waals surface area contributed by atoms with Gasteiger partial charge in [-0.05, 0) is 30.0 Å². The maximum Gasteiger partial charge on any atom is 0.227 e. The first kappa shape index (κ1) is 25.4. The molecular weight excluding hydrogens is 421 g/mol. The second-order valence-electron chi connectivity index (χ2n) is 5.90. The number of hydrogen-bond acceptors (Lipinski definition) is 3. The molecule has 0 fully saturated rings. The van der Waals surface area contributed by atoms with Crippen LogP contribution in [0.25, 0.3) is 0 Å². The summed E-state index contributed by atoms with van der Waals surface area (Å²) in [5.74, 6) is 0. The Morgan fingerprint density at radius 1 is 0.731 bits per heavy atom. The average molecular weight is 455 g/mol. The van der Waals surface area contributed by atoms with E-state index in [9.17, 15) is 0 Å². The normalized spacial score (nSPS) is 11.4. The highest BCUT2D eigenvalue weighted by atomic mass is 28.3. The lowest BCUT2D eigenvalue weighted by Crippen LogP contribution is -2.44. The van der Waals surface area contributed by atoms with Gasteiger partial charge in [0.25, 0.3) is 0 Å². The lowest BCUT2D eigenvalue weighted by atomic mass is 10.4. The van der Waals surface area contributed by atoms with E-state index in [4.69, 9.17) is 12.3 Å². The van der Waals surface area contributed by atoms with E-state index in [1.165, 1.54) is 10.4 Å². The van der Waals surface area contributed by atoms with Crippen LogP contribution in [0.15, 0.2) is 72.9 Å². The minimum atomic E-state index is -1.37. The Labute approximate surface area is 173 Å². The molecule has 0 bridgehead atoms. The van der Waals surface area contributed by atoms with Crippen molar-refractivity contribution in [2.24, 2.45) is 0 Å². The summed E-state index contributed by atoms with van der Waals surface area (Å²) in [6.45, 7) is 10.0. The number of hydrogen-bond donors (Lipinski definition) is 0. The van der Waals surface area contributed by atoms with Crippen molar-refractivity contribution in [1.82, 2.24) is 0 Å². The topological polar surface area (TPSA) is 27.7 Å². The summed E-state index contributed by atoms with van der Waals surface area (Å²) in [7, 11) is -0.179. The van der Waals surface area contributed by atoms with E-state index < -0.39 is 27.1 Å². The summed E-state index contributed by atoms with van der Waals surface area (Å²) in [6, 6.07) is 21.1. The number of rotatable bonds is 6. The molecule has 0 spiro atoms. The molecule has 1 atom stereocenters. The maximum atomic E-state index is 5.80. The summed E-state index contributed by atoms with van der Waals surface area (Å²) < 4.78 is 15.9. The van der Waals surface area contributed by atoms with Gasteiger partial charge in [0.05, 0.1) is 0 Å². The molecule has 0 aliphatic carbocycles. The molecule has 2 rings (SSSR count). The van der Waals surface area contributed by atoms with Gasteiger partial charge in [-0.25, -0.2) is 0 Å². The smallest absolute Gasteiger partial charge is 0.227 e. The van der Waals surface area contributed by atoms with Gasteiger partial charge in [-0.3, -0.25) is 0 Å². The van der Waals surface area contributed by atoms with Crippen LogP contribution < -0.4 is 10.4 Å². The first-order chi connectivity index (χ1) is 12.5. The molecule has 0 aromatic heterocycles. The molecule has 0 saturated carbocycles. The molecule has 0 saturated heterocycles. The molecule has 0 heterocycles. The van der Waals surface area contributed by atoms with Crippen LogP contribution in [0.3, 0.4) is 0 Å². The first-order valence-electron chi connectivity index (χ1n) is 8.80. The fourth-order valence-corrected chi connectivity index (χ4v) is 6.29. The molecule has 0 aliphatic rings. The van der Waals surface area contributed by atoms with Crippen LogP contribution in [0.5, 0.6) is 0 Å². The van der Waals surface area contributed by atoms with Crippen LogP contribution in [0.2, 0.25) is 19.6 Å². The Hall–Kier alpha value is -0.639. The zero-order chi connectivity index (χ0) is 19.8. The van der Waals surface area contributed by atoms with E-state index in [2.05, 4.69) is 74.8 Å². The van der Waals surface area contributed by atoms with Crippen LogP contribution in [0, 0.1) is 0 Å². The molecule has 9 heteroatoms. The van der Waals surface area contributed by atoms with Crippen LogP contribution in [-0.4, -0.2) is 58.6 Å². The summed E-state index contributed by atoms with van der Waals surface area (Å²) in [5.41, 5.74) is 1.92. The van der Waals surface area contributed by atoms with Crippen molar-refractivity contribution in [1.29, 1.82) is 0 Å². The third-order valence-electron chi connectivity index (χ3n) is 3.62. The Morgan fingerprint density at radius 2 is 1.12 bits per heavy atom. The molecule has 1 unspecified atom stereocenters. The zero-order valence-electron chi connectivity index (χ0n) is 17.0. The fraction of sp³-hybridized carbons (Fsp3) is 0.176. The maximum absolute atomic E-state index is 5.80. The van der Waals surface area contributed by atoms with Crippen LogP contribution in [-0.2, 0) is 12.3 Å². The van der Waals surface area contributed by atoms with E-state index in [1.807, 2.05) is 17.8 Å².